The highest BCUT2D eigenvalue weighted by atomic mass is 32.1. The molecular weight excluding hydrogens is 322 g/mol. The highest BCUT2D eigenvalue weighted by molar-refractivity contribution is 7.18. The van der Waals surface area contributed by atoms with Gasteiger partial charge in [-0.2, -0.15) is 0 Å². The Balaban J connectivity index is 1.59. The molecule has 1 unspecified atom stereocenters. The third kappa shape index (κ3) is 3.84. The summed E-state index contributed by atoms with van der Waals surface area (Å²) in [6.45, 7) is 10.2. The molecule has 6 nitrogen and oxygen atoms in total. The number of amides is 1. The molecule has 7 heteroatoms. The SMILES string of the molecule is CCC(C)NC(=O)CN1CCN(c2ncnc3sc(C)cc23)CC1. The van der Waals surface area contributed by atoms with E-state index in [1.807, 2.05) is 6.92 Å². The van der Waals surface area contributed by atoms with E-state index < -0.39 is 0 Å². The van der Waals surface area contributed by atoms with Crippen LogP contribution in [0.3, 0.4) is 0 Å². The van der Waals surface area contributed by atoms with E-state index in [4.69, 9.17) is 0 Å². The van der Waals surface area contributed by atoms with Gasteiger partial charge in [0.1, 0.15) is 17.0 Å². The number of hydrogen-bond donors (Lipinski definition) is 1. The second-order valence-electron chi connectivity index (χ2n) is 6.41. The second-order valence-corrected chi connectivity index (χ2v) is 7.65. The van der Waals surface area contributed by atoms with Gasteiger partial charge in [0, 0.05) is 37.1 Å². The number of anilines is 1. The van der Waals surface area contributed by atoms with Gasteiger partial charge in [-0.1, -0.05) is 6.92 Å². The Morgan fingerprint density at radius 1 is 1.33 bits per heavy atom. The van der Waals surface area contributed by atoms with E-state index >= 15 is 0 Å². The van der Waals surface area contributed by atoms with E-state index in [0.29, 0.717) is 6.54 Å². The molecule has 2 aromatic heterocycles. The van der Waals surface area contributed by atoms with E-state index in [9.17, 15) is 4.79 Å². The van der Waals surface area contributed by atoms with Gasteiger partial charge >= 0.3 is 0 Å². The van der Waals surface area contributed by atoms with Gasteiger partial charge < -0.3 is 10.2 Å². The van der Waals surface area contributed by atoms with Gasteiger partial charge in [-0.15, -0.1) is 11.3 Å². The number of carbonyl (C=O) groups excluding carboxylic acids is 1. The Bertz CT molecular complexity index is 708. The average Bonchev–Trinajstić information content (AvgIpc) is 2.95. The van der Waals surface area contributed by atoms with Crippen molar-refractivity contribution in [1.29, 1.82) is 0 Å². The lowest BCUT2D eigenvalue weighted by molar-refractivity contribution is -0.122. The molecule has 3 heterocycles. The first-order valence-electron chi connectivity index (χ1n) is 8.54. The Hall–Kier alpha value is -1.73. The number of fused-ring (bicyclic) bond motifs is 1. The first-order chi connectivity index (χ1) is 11.6. The van der Waals surface area contributed by atoms with Gasteiger partial charge in [0.05, 0.1) is 11.9 Å². The highest BCUT2D eigenvalue weighted by Gasteiger charge is 2.22. The van der Waals surface area contributed by atoms with Gasteiger partial charge in [-0.3, -0.25) is 9.69 Å². The molecule has 1 saturated heterocycles. The average molecular weight is 347 g/mol. The number of nitrogens with one attached hydrogen (secondary N) is 1. The topological polar surface area (TPSA) is 61.4 Å². The van der Waals surface area contributed by atoms with Crippen LogP contribution in [-0.4, -0.2) is 59.5 Å². The van der Waals surface area contributed by atoms with Crippen LogP contribution in [0.15, 0.2) is 12.4 Å². The predicted molar refractivity (Wildman–Crippen MR) is 98.7 cm³/mol. The number of rotatable bonds is 5. The van der Waals surface area contributed by atoms with Crippen LogP contribution in [0.4, 0.5) is 5.82 Å². The van der Waals surface area contributed by atoms with Crippen LogP contribution in [0, 0.1) is 6.92 Å². The molecule has 1 atom stereocenters. The van der Waals surface area contributed by atoms with Crippen LogP contribution in [0.1, 0.15) is 25.1 Å². The summed E-state index contributed by atoms with van der Waals surface area (Å²) in [5.41, 5.74) is 0. The van der Waals surface area contributed by atoms with Crippen LogP contribution in [0.5, 0.6) is 0 Å². The van der Waals surface area contributed by atoms with E-state index in [1.54, 1.807) is 17.7 Å². The summed E-state index contributed by atoms with van der Waals surface area (Å²) in [7, 11) is 0. The van der Waals surface area contributed by atoms with Gasteiger partial charge in [0.2, 0.25) is 5.91 Å². The molecule has 1 N–H and O–H groups in total. The molecular formula is C17H25N5OS. The summed E-state index contributed by atoms with van der Waals surface area (Å²) in [5, 5.41) is 4.17. The molecule has 24 heavy (non-hydrogen) atoms. The second kappa shape index (κ2) is 7.44. The third-order valence-corrected chi connectivity index (χ3v) is 5.45. The molecule has 3 rings (SSSR count). The van der Waals surface area contributed by atoms with Crippen molar-refractivity contribution in [1.82, 2.24) is 20.2 Å². The zero-order valence-electron chi connectivity index (χ0n) is 14.6. The Morgan fingerprint density at radius 2 is 2.08 bits per heavy atom. The van der Waals surface area contributed by atoms with Crippen molar-refractivity contribution in [2.75, 3.05) is 37.6 Å². The Kier molecular flexibility index (Phi) is 5.30. The van der Waals surface area contributed by atoms with E-state index in [0.717, 1.165) is 48.6 Å². The Labute approximate surface area is 146 Å². The van der Waals surface area contributed by atoms with Gasteiger partial charge in [0.15, 0.2) is 0 Å². The van der Waals surface area contributed by atoms with Crippen molar-refractivity contribution < 1.29 is 4.79 Å². The zero-order chi connectivity index (χ0) is 17.1. The summed E-state index contributed by atoms with van der Waals surface area (Å²) in [5.74, 6) is 1.14. The zero-order valence-corrected chi connectivity index (χ0v) is 15.4. The van der Waals surface area contributed by atoms with Crippen LogP contribution in [0.2, 0.25) is 0 Å². The van der Waals surface area contributed by atoms with E-state index in [-0.39, 0.29) is 11.9 Å². The number of carbonyl (C=O) groups is 1. The van der Waals surface area contributed by atoms with Gasteiger partial charge in [-0.25, -0.2) is 9.97 Å². The highest BCUT2D eigenvalue weighted by Crippen LogP contribution is 2.30. The predicted octanol–water partition coefficient (Wildman–Crippen LogP) is 2.04. The summed E-state index contributed by atoms with van der Waals surface area (Å²) < 4.78 is 0. The number of thiophene rings is 1. The molecule has 0 aliphatic carbocycles. The maximum Gasteiger partial charge on any atom is 0.234 e. The normalized spacial score (nSPS) is 17.2. The van der Waals surface area contributed by atoms with Crippen LogP contribution in [-0.2, 0) is 4.79 Å². The number of aromatic nitrogens is 2. The first kappa shape index (κ1) is 17.1. The van der Waals surface area contributed by atoms with Crippen molar-refractivity contribution in [2.45, 2.75) is 33.2 Å². The third-order valence-electron chi connectivity index (χ3n) is 4.49. The quantitative estimate of drug-likeness (QED) is 0.897. The summed E-state index contributed by atoms with van der Waals surface area (Å²) >= 11 is 1.71. The molecule has 1 fully saturated rings. The number of hydrogen-bond acceptors (Lipinski definition) is 6. The summed E-state index contributed by atoms with van der Waals surface area (Å²) in [6.07, 6.45) is 2.61. The van der Waals surface area contributed by atoms with Crippen molar-refractivity contribution in [3.05, 3.63) is 17.3 Å². The molecule has 1 amide bonds. The minimum Gasteiger partial charge on any atom is -0.353 e. The molecule has 0 bridgehead atoms. The number of aryl methyl sites for hydroxylation is 1. The fourth-order valence-electron chi connectivity index (χ4n) is 2.96. The van der Waals surface area contributed by atoms with Gasteiger partial charge in [0.25, 0.3) is 0 Å². The smallest absolute Gasteiger partial charge is 0.234 e. The molecule has 0 spiro atoms. The van der Waals surface area contributed by atoms with Crippen molar-refractivity contribution in [3.63, 3.8) is 0 Å². The summed E-state index contributed by atoms with van der Waals surface area (Å²) in [4.78, 5) is 27.7. The fourth-order valence-corrected chi connectivity index (χ4v) is 3.80. The van der Waals surface area contributed by atoms with Crippen LogP contribution in [0.25, 0.3) is 10.2 Å². The monoisotopic (exact) mass is 347 g/mol. The lowest BCUT2D eigenvalue weighted by Gasteiger charge is -2.35. The van der Waals surface area contributed by atoms with Gasteiger partial charge in [-0.05, 0) is 26.3 Å². The number of nitrogens with zero attached hydrogens (tertiary/aromatic N) is 4. The molecule has 1 aliphatic heterocycles. The van der Waals surface area contributed by atoms with E-state index in [1.165, 1.54) is 4.88 Å². The van der Waals surface area contributed by atoms with Crippen molar-refractivity contribution >= 4 is 33.3 Å². The minimum atomic E-state index is 0.121. The lowest BCUT2D eigenvalue weighted by atomic mass is 10.2. The molecule has 130 valence electrons. The van der Waals surface area contributed by atoms with Crippen molar-refractivity contribution in [2.24, 2.45) is 0 Å². The van der Waals surface area contributed by atoms with Crippen molar-refractivity contribution in [3.8, 4) is 0 Å². The largest absolute Gasteiger partial charge is 0.353 e. The maximum absolute atomic E-state index is 12.0. The molecule has 2 aromatic rings. The molecule has 1 aliphatic rings. The number of piperazine rings is 1. The summed E-state index contributed by atoms with van der Waals surface area (Å²) in [6, 6.07) is 2.41. The fraction of sp³-hybridized carbons (Fsp3) is 0.588. The standard InChI is InChI=1S/C17H25N5OS/c1-4-12(2)20-15(23)10-21-5-7-22(8-6-21)16-14-9-13(3)24-17(14)19-11-18-16/h9,11-12H,4-8,10H2,1-3H3,(H,20,23). The van der Waals surface area contributed by atoms with E-state index in [2.05, 4.69) is 45.0 Å². The van der Waals surface area contributed by atoms with Crippen LogP contribution < -0.4 is 10.2 Å². The Morgan fingerprint density at radius 3 is 2.79 bits per heavy atom. The molecule has 0 aromatic carbocycles. The molecule has 0 radical (unpaired) electrons. The first-order valence-corrected chi connectivity index (χ1v) is 9.36. The van der Waals surface area contributed by atoms with Crippen LogP contribution >= 0.6 is 11.3 Å². The molecule has 0 saturated carbocycles. The minimum absolute atomic E-state index is 0.121. The maximum atomic E-state index is 12.0. The lowest BCUT2D eigenvalue weighted by Crippen LogP contribution is -2.50.